The second-order valence-electron chi connectivity index (χ2n) is 13.0. The molecule has 9 heteroatoms. The highest BCUT2D eigenvalue weighted by atomic mass is 35.5. The third-order valence-electron chi connectivity index (χ3n) is 10.5. The third kappa shape index (κ3) is 5.24. The van der Waals surface area contributed by atoms with E-state index in [-0.39, 0.29) is 22.3 Å². The molecule has 2 N–H and O–H groups in total. The van der Waals surface area contributed by atoms with Crippen molar-refractivity contribution < 1.29 is 23.1 Å². The van der Waals surface area contributed by atoms with Gasteiger partial charge in [-0.05, 0) is 98.7 Å². The molecule has 2 aliphatic heterocycles. The summed E-state index contributed by atoms with van der Waals surface area (Å²) in [5.41, 5.74) is 3.02. The zero-order chi connectivity index (χ0) is 29.7. The lowest BCUT2D eigenvalue weighted by atomic mass is 9.58. The van der Waals surface area contributed by atoms with E-state index in [1.54, 1.807) is 18.2 Å². The van der Waals surface area contributed by atoms with Gasteiger partial charge in [0.15, 0.2) is 0 Å². The quantitative estimate of drug-likeness (QED) is 0.397. The van der Waals surface area contributed by atoms with Crippen molar-refractivity contribution in [2.75, 3.05) is 24.6 Å². The van der Waals surface area contributed by atoms with E-state index >= 15 is 0 Å². The predicted octanol–water partition coefficient (Wildman–Crippen LogP) is 5.78. The van der Waals surface area contributed by atoms with Gasteiger partial charge in [0.1, 0.15) is 5.75 Å². The van der Waals surface area contributed by atoms with Gasteiger partial charge in [-0.25, -0.2) is 13.1 Å². The highest BCUT2D eigenvalue weighted by Gasteiger charge is 2.49. The number of carbonyl (C=O) groups is 1. The molecule has 42 heavy (non-hydrogen) atoms. The van der Waals surface area contributed by atoms with Crippen LogP contribution in [-0.2, 0) is 21.9 Å². The van der Waals surface area contributed by atoms with E-state index < -0.39 is 27.3 Å². The number of aliphatic hydroxyl groups excluding tert-OH is 1. The fourth-order valence-electron chi connectivity index (χ4n) is 7.59. The van der Waals surface area contributed by atoms with Crippen molar-refractivity contribution in [1.29, 1.82) is 0 Å². The van der Waals surface area contributed by atoms with Gasteiger partial charge in [0.25, 0.3) is 5.91 Å². The molecule has 0 aromatic heterocycles. The SMILES string of the molecule is CC[C@@H]1CC/C=C/[C@@H](O)[C@@]2(C)CC[C@@H]2CN2C[C@@]3(CCCc4cc(Cl)ccc43)COc3ccc(cc32)C(=O)NS1(=O)=O. The van der Waals surface area contributed by atoms with Crippen molar-refractivity contribution >= 4 is 33.2 Å². The highest BCUT2D eigenvalue weighted by Crippen LogP contribution is 2.52. The number of fused-ring (bicyclic) bond motifs is 4. The number of hydrogen-bond donors (Lipinski definition) is 2. The van der Waals surface area contributed by atoms with E-state index in [1.807, 2.05) is 25.1 Å². The van der Waals surface area contributed by atoms with Crippen molar-refractivity contribution in [1.82, 2.24) is 4.72 Å². The second kappa shape index (κ2) is 11.2. The maximum Gasteiger partial charge on any atom is 0.264 e. The Balaban J connectivity index is 1.44. The minimum absolute atomic E-state index is 0.239. The molecule has 0 radical (unpaired) electrons. The Morgan fingerprint density at radius 2 is 2.00 bits per heavy atom. The lowest BCUT2D eigenvalue weighted by Gasteiger charge is -2.52. The largest absolute Gasteiger partial charge is 0.490 e. The van der Waals surface area contributed by atoms with Crippen LogP contribution in [0.2, 0.25) is 5.02 Å². The van der Waals surface area contributed by atoms with Crippen LogP contribution in [0.25, 0.3) is 0 Å². The van der Waals surface area contributed by atoms with Crippen LogP contribution in [0.3, 0.4) is 0 Å². The van der Waals surface area contributed by atoms with E-state index in [0.717, 1.165) is 42.8 Å². The Morgan fingerprint density at radius 1 is 1.17 bits per heavy atom. The maximum absolute atomic E-state index is 13.4. The number of benzene rings is 2. The molecule has 1 amide bonds. The number of nitrogens with zero attached hydrogens (tertiary/aromatic N) is 1. The number of carbonyl (C=O) groups excluding carboxylic acids is 1. The topological polar surface area (TPSA) is 95.9 Å². The third-order valence-corrected chi connectivity index (χ3v) is 12.6. The summed E-state index contributed by atoms with van der Waals surface area (Å²) in [5, 5.41) is 11.4. The van der Waals surface area contributed by atoms with Gasteiger partial charge in [0.2, 0.25) is 10.0 Å². The number of nitrogens with one attached hydrogen (secondary N) is 1. The van der Waals surface area contributed by atoms with Gasteiger partial charge >= 0.3 is 0 Å². The maximum atomic E-state index is 13.4. The van der Waals surface area contributed by atoms with E-state index in [4.69, 9.17) is 16.3 Å². The number of ether oxygens (including phenoxy) is 1. The van der Waals surface area contributed by atoms with Crippen LogP contribution >= 0.6 is 11.6 Å². The van der Waals surface area contributed by atoms with Crippen molar-refractivity contribution in [2.24, 2.45) is 11.3 Å². The molecule has 2 bridgehead atoms. The molecule has 2 heterocycles. The highest BCUT2D eigenvalue weighted by molar-refractivity contribution is 7.90. The number of anilines is 1. The van der Waals surface area contributed by atoms with Crippen LogP contribution in [0.15, 0.2) is 48.6 Å². The monoisotopic (exact) mass is 612 g/mol. The zero-order valence-corrected chi connectivity index (χ0v) is 26.0. The number of aryl methyl sites for hydroxylation is 1. The first-order chi connectivity index (χ1) is 20.0. The van der Waals surface area contributed by atoms with Gasteiger partial charge in [0.05, 0.1) is 23.6 Å². The number of sulfonamides is 1. The molecule has 226 valence electrons. The molecule has 2 aromatic carbocycles. The van der Waals surface area contributed by atoms with Gasteiger partial charge < -0.3 is 14.7 Å². The summed E-state index contributed by atoms with van der Waals surface area (Å²) in [5.74, 6) is 0.295. The first kappa shape index (κ1) is 29.5. The number of amides is 1. The molecule has 5 atom stereocenters. The Bertz CT molecular complexity index is 1510. The number of allylic oxidation sites excluding steroid dienone is 1. The van der Waals surface area contributed by atoms with Crippen LogP contribution in [0.5, 0.6) is 5.75 Å². The van der Waals surface area contributed by atoms with Crippen molar-refractivity contribution in [3.8, 4) is 5.75 Å². The van der Waals surface area contributed by atoms with Gasteiger partial charge in [0, 0.05) is 34.5 Å². The standard InChI is InChI=1S/C33H41ClN2O5S/c1-3-26-8-4-5-9-30(37)32(2)16-14-24(32)19-36-20-33(15-6-7-22-17-25(34)11-12-27(22)33)21-41-29-13-10-23(18-28(29)36)31(38)35-42(26,39)40/h5,9-13,17-18,24,26,30,37H,3-4,6-8,14-16,19-21H2,1-2H3,(H,35,38)/b9-5+/t24-,26-,30-,32+,33+/m1/s1. The second-order valence-corrected chi connectivity index (χ2v) is 15.4. The minimum atomic E-state index is -3.89. The van der Waals surface area contributed by atoms with Crippen LogP contribution in [0.1, 0.15) is 80.3 Å². The first-order valence-corrected chi connectivity index (χ1v) is 17.2. The molecule has 1 saturated carbocycles. The molecule has 2 aliphatic carbocycles. The molecule has 2 aromatic rings. The molecule has 0 saturated heterocycles. The van der Waals surface area contributed by atoms with Gasteiger partial charge in [-0.1, -0.05) is 43.7 Å². The normalized spacial score (nSPS) is 33.3. The summed E-state index contributed by atoms with van der Waals surface area (Å²) >= 11 is 6.39. The fraction of sp³-hybridized carbons (Fsp3) is 0.545. The Morgan fingerprint density at radius 3 is 2.76 bits per heavy atom. The molecule has 1 fully saturated rings. The zero-order valence-electron chi connectivity index (χ0n) is 24.4. The summed E-state index contributed by atoms with van der Waals surface area (Å²) < 4.78 is 35.3. The van der Waals surface area contributed by atoms with Crippen LogP contribution in [0.4, 0.5) is 5.69 Å². The van der Waals surface area contributed by atoms with Gasteiger partial charge in [-0.15, -0.1) is 0 Å². The molecule has 0 unspecified atom stereocenters. The number of aliphatic hydroxyl groups is 1. The van der Waals surface area contributed by atoms with Crippen molar-refractivity contribution in [3.63, 3.8) is 0 Å². The summed E-state index contributed by atoms with van der Waals surface area (Å²) in [6.07, 6.45) is 9.28. The van der Waals surface area contributed by atoms with E-state index in [0.29, 0.717) is 44.7 Å². The Labute approximate surface area is 254 Å². The summed E-state index contributed by atoms with van der Waals surface area (Å²) in [7, 11) is -3.89. The Hall–Kier alpha value is -2.55. The summed E-state index contributed by atoms with van der Waals surface area (Å²) in [6.45, 7) is 5.86. The van der Waals surface area contributed by atoms with Crippen molar-refractivity contribution in [3.05, 3.63) is 70.3 Å². The summed E-state index contributed by atoms with van der Waals surface area (Å²) in [4.78, 5) is 15.7. The van der Waals surface area contributed by atoms with Gasteiger partial charge in [-0.3, -0.25) is 4.79 Å². The Kier molecular flexibility index (Phi) is 7.86. The van der Waals surface area contributed by atoms with E-state index in [9.17, 15) is 18.3 Å². The molecule has 4 aliphatic rings. The average molecular weight is 613 g/mol. The molecule has 7 nitrogen and oxygen atoms in total. The number of rotatable bonds is 1. The smallest absolute Gasteiger partial charge is 0.264 e. The molecule has 6 rings (SSSR count). The molecule has 1 spiro atoms. The lowest BCUT2D eigenvalue weighted by Crippen LogP contribution is -2.53. The van der Waals surface area contributed by atoms with Crippen LogP contribution in [0, 0.1) is 11.3 Å². The number of halogens is 1. The average Bonchev–Trinajstić information content (AvgIpc) is 3.10. The predicted molar refractivity (Wildman–Crippen MR) is 166 cm³/mol. The fourth-order valence-corrected chi connectivity index (χ4v) is 9.21. The van der Waals surface area contributed by atoms with Crippen LogP contribution in [-0.4, -0.2) is 50.5 Å². The number of hydrogen-bond acceptors (Lipinski definition) is 6. The summed E-state index contributed by atoms with van der Waals surface area (Å²) in [6, 6.07) is 11.4. The molecular formula is C33H41ClN2O5S. The van der Waals surface area contributed by atoms with E-state index in [1.165, 1.54) is 11.1 Å². The van der Waals surface area contributed by atoms with E-state index in [2.05, 4.69) is 28.7 Å². The van der Waals surface area contributed by atoms with Gasteiger partial charge in [-0.2, -0.15) is 0 Å². The van der Waals surface area contributed by atoms with Crippen molar-refractivity contribution in [2.45, 2.75) is 82.0 Å². The van der Waals surface area contributed by atoms with Crippen LogP contribution < -0.4 is 14.4 Å². The lowest BCUT2D eigenvalue weighted by molar-refractivity contribution is -0.0469. The first-order valence-electron chi connectivity index (χ1n) is 15.3. The minimum Gasteiger partial charge on any atom is -0.490 e. The molecular weight excluding hydrogens is 572 g/mol.